The molecule has 2 heterocycles. The van der Waals surface area contributed by atoms with Crippen LogP contribution in [0.5, 0.6) is 5.75 Å². The van der Waals surface area contributed by atoms with Gasteiger partial charge in [-0.3, -0.25) is 0 Å². The van der Waals surface area contributed by atoms with Crippen LogP contribution in [0.3, 0.4) is 0 Å². The van der Waals surface area contributed by atoms with Crippen LogP contribution < -0.4 is 10.5 Å². The number of hydrogen-bond acceptors (Lipinski definition) is 5. The molecule has 0 unspecified atom stereocenters. The van der Waals surface area contributed by atoms with Gasteiger partial charge in [-0.05, 0) is 0 Å². The third-order valence-electron chi connectivity index (χ3n) is 2.19. The van der Waals surface area contributed by atoms with Crippen LogP contribution >= 0.6 is 11.6 Å². The van der Waals surface area contributed by atoms with E-state index in [-0.39, 0.29) is 22.8 Å². The molecule has 0 aromatic carbocycles. The van der Waals surface area contributed by atoms with Crippen molar-refractivity contribution in [2.45, 2.75) is 6.10 Å². The molecule has 2 rings (SSSR count). The van der Waals surface area contributed by atoms with E-state index in [0.717, 1.165) is 0 Å². The van der Waals surface area contributed by atoms with E-state index >= 15 is 0 Å². The number of hydrogen-bond donors (Lipinski definition) is 2. The third-order valence-corrected chi connectivity index (χ3v) is 2.46. The van der Waals surface area contributed by atoms with Gasteiger partial charge >= 0.3 is 6.09 Å². The highest BCUT2D eigenvalue weighted by atomic mass is 35.5. The van der Waals surface area contributed by atoms with Gasteiger partial charge in [0.1, 0.15) is 12.4 Å². The van der Waals surface area contributed by atoms with Gasteiger partial charge in [0.25, 0.3) is 0 Å². The maximum Gasteiger partial charge on any atom is 0.407 e. The van der Waals surface area contributed by atoms with Crippen molar-refractivity contribution in [2.24, 2.45) is 0 Å². The monoisotopic (exact) mass is 244 g/mol. The number of halogens is 1. The molecule has 1 saturated heterocycles. The number of nitrogen functional groups attached to an aromatic ring is 1. The lowest BCUT2D eigenvalue weighted by Crippen LogP contribution is -2.55. The number of likely N-dealkylation sites (tertiary alicyclic amines) is 1. The number of aromatic nitrogens is 2. The fourth-order valence-corrected chi connectivity index (χ4v) is 1.49. The van der Waals surface area contributed by atoms with Crippen LogP contribution in [0.1, 0.15) is 0 Å². The average molecular weight is 245 g/mol. The number of carboxylic acid groups (broad SMARTS) is 1. The normalized spacial score (nSPS) is 15.7. The summed E-state index contributed by atoms with van der Waals surface area (Å²) in [5, 5.41) is 8.75. The summed E-state index contributed by atoms with van der Waals surface area (Å²) in [6, 6.07) is 0. The minimum absolute atomic E-state index is 0.126. The summed E-state index contributed by atoms with van der Waals surface area (Å²) in [6.45, 7) is 0.583. The van der Waals surface area contributed by atoms with Crippen molar-refractivity contribution >= 4 is 23.5 Å². The summed E-state index contributed by atoms with van der Waals surface area (Å²) in [7, 11) is 0. The first-order valence-electron chi connectivity index (χ1n) is 4.48. The molecule has 0 aliphatic carbocycles. The highest BCUT2D eigenvalue weighted by molar-refractivity contribution is 6.31. The van der Waals surface area contributed by atoms with Crippen molar-refractivity contribution in [3.8, 4) is 5.75 Å². The molecule has 1 aromatic heterocycles. The quantitative estimate of drug-likeness (QED) is 0.733. The van der Waals surface area contributed by atoms with Gasteiger partial charge in [0, 0.05) is 0 Å². The molecular formula is C8H9ClN4O3. The molecule has 8 heteroatoms. The molecule has 86 valence electrons. The molecule has 0 saturated carbocycles. The van der Waals surface area contributed by atoms with E-state index in [1.165, 1.54) is 11.2 Å². The van der Waals surface area contributed by atoms with Crippen LogP contribution in [0.15, 0.2) is 6.33 Å². The fourth-order valence-electron chi connectivity index (χ4n) is 1.31. The SMILES string of the molecule is Nc1ncnc(Cl)c1OC1CN(C(=O)O)C1. The first kappa shape index (κ1) is 10.7. The number of ether oxygens (including phenoxy) is 1. The van der Waals surface area contributed by atoms with Crippen molar-refractivity contribution in [3.63, 3.8) is 0 Å². The Morgan fingerprint density at radius 2 is 2.31 bits per heavy atom. The highest BCUT2D eigenvalue weighted by Gasteiger charge is 2.33. The molecule has 16 heavy (non-hydrogen) atoms. The first-order chi connectivity index (χ1) is 7.58. The van der Waals surface area contributed by atoms with Crippen LogP contribution in [0, 0.1) is 0 Å². The fraction of sp³-hybridized carbons (Fsp3) is 0.375. The minimum atomic E-state index is -0.969. The Bertz CT molecular complexity index is 401. The Balaban J connectivity index is 1.99. The first-order valence-corrected chi connectivity index (χ1v) is 4.86. The van der Waals surface area contributed by atoms with Crippen molar-refractivity contribution in [3.05, 3.63) is 11.5 Å². The Morgan fingerprint density at radius 3 is 2.88 bits per heavy atom. The Morgan fingerprint density at radius 1 is 1.62 bits per heavy atom. The lowest BCUT2D eigenvalue weighted by Gasteiger charge is -2.36. The number of anilines is 1. The number of rotatable bonds is 2. The molecule has 0 radical (unpaired) electrons. The zero-order valence-electron chi connectivity index (χ0n) is 8.13. The smallest absolute Gasteiger partial charge is 0.407 e. The number of nitrogens with two attached hydrogens (primary N) is 1. The molecule has 1 amide bonds. The van der Waals surface area contributed by atoms with E-state index in [4.69, 9.17) is 27.2 Å². The molecule has 1 aromatic rings. The molecule has 0 atom stereocenters. The summed E-state index contributed by atoms with van der Waals surface area (Å²) in [4.78, 5) is 19.2. The molecule has 0 bridgehead atoms. The van der Waals surface area contributed by atoms with Gasteiger partial charge < -0.3 is 20.5 Å². The third kappa shape index (κ3) is 1.94. The van der Waals surface area contributed by atoms with Crippen molar-refractivity contribution in [1.29, 1.82) is 0 Å². The maximum atomic E-state index is 10.5. The predicted molar refractivity (Wildman–Crippen MR) is 55.5 cm³/mol. The lowest BCUT2D eigenvalue weighted by atomic mass is 10.2. The van der Waals surface area contributed by atoms with Gasteiger partial charge in [0.2, 0.25) is 0 Å². The zero-order chi connectivity index (χ0) is 11.7. The molecule has 1 aliphatic rings. The standard InChI is InChI=1S/C8H9ClN4O3/c9-6-5(7(10)12-3-11-6)16-4-1-13(2-4)8(14)15/h3-4H,1-2H2,(H,14,15)(H2,10,11,12). The van der Waals surface area contributed by atoms with E-state index < -0.39 is 6.09 Å². The van der Waals surface area contributed by atoms with Crippen LogP contribution in [-0.2, 0) is 0 Å². The predicted octanol–water partition coefficient (Wildman–Crippen LogP) is 0.453. The average Bonchev–Trinajstić information content (AvgIpc) is 2.13. The minimum Gasteiger partial charge on any atom is -0.480 e. The van der Waals surface area contributed by atoms with Gasteiger partial charge in [0.15, 0.2) is 16.7 Å². The summed E-state index contributed by atoms with van der Waals surface area (Å²) in [5.41, 5.74) is 5.55. The van der Waals surface area contributed by atoms with E-state index in [0.29, 0.717) is 13.1 Å². The Labute approximate surface area is 95.8 Å². The summed E-state index contributed by atoms with van der Waals surface area (Å²) in [5.74, 6) is 0.355. The second-order valence-electron chi connectivity index (χ2n) is 3.31. The number of carbonyl (C=O) groups is 1. The van der Waals surface area contributed by atoms with E-state index in [1.807, 2.05) is 0 Å². The maximum absolute atomic E-state index is 10.5. The lowest BCUT2D eigenvalue weighted by molar-refractivity contribution is 0.0253. The highest BCUT2D eigenvalue weighted by Crippen LogP contribution is 2.29. The van der Waals surface area contributed by atoms with Gasteiger partial charge in [0.05, 0.1) is 13.1 Å². The van der Waals surface area contributed by atoms with E-state index in [2.05, 4.69) is 9.97 Å². The molecule has 3 N–H and O–H groups in total. The Hall–Kier alpha value is -1.76. The summed E-state index contributed by atoms with van der Waals surface area (Å²) >= 11 is 5.77. The molecule has 1 fully saturated rings. The molecule has 7 nitrogen and oxygen atoms in total. The van der Waals surface area contributed by atoms with Gasteiger partial charge in [-0.15, -0.1) is 0 Å². The van der Waals surface area contributed by atoms with Crippen LogP contribution in [-0.4, -0.2) is 45.3 Å². The van der Waals surface area contributed by atoms with Crippen molar-refractivity contribution in [2.75, 3.05) is 18.8 Å². The van der Waals surface area contributed by atoms with E-state index in [9.17, 15) is 4.79 Å². The Kier molecular flexibility index (Phi) is 2.69. The van der Waals surface area contributed by atoms with Gasteiger partial charge in [-0.2, -0.15) is 0 Å². The number of amides is 1. The van der Waals surface area contributed by atoms with Crippen LogP contribution in [0.4, 0.5) is 10.6 Å². The largest absolute Gasteiger partial charge is 0.480 e. The second-order valence-corrected chi connectivity index (χ2v) is 3.66. The second kappa shape index (κ2) is 4.01. The zero-order valence-corrected chi connectivity index (χ0v) is 8.89. The van der Waals surface area contributed by atoms with E-state index in [1.54, 1.807) is 0 Å². The van der Waals surface area contributed by atoms with Crippen molar-refractivity contribution < 1.29 is 14.6 Å². The van der Waals surface area contributed by atoms with Gasteiger partial charge in [-0.1, -0.05) is 11.6 Å². The van der Waals surface area contributed by atoms with Gasteiger partial charge in [-0.25, -0.2) is 14.8 Å². The molecule has 0 spiro atoms. The van der Waals surface area contributed by atoms with Crippen LogP contribution in [0.25, 0.3) is 0 Å². The van der Waals surface area contributed by atoms with Crippen LogP contribution in [0.2, 0.25) is 5.15 Å². The summed E-state index contributed by atoms with van der Waals surface area (Å²) < 4.78 is 5.41. The molecular weight excluding hydrogens is 236 g/mol. The van der Waals surface area contributed by atoms with Crippen molar-refractivity contribution in [1.82, 2.24) is 14.9 Å². The summed E-state index contributed by atoms with van der Waals surface area (Å²) in [6.07, 6.45) is 0.0135. The molecule has 1 aliphatic heterocycles. The topological polar surface area (TPSA) is 102 Å². The number of nitrogens with zero attached hydrogens (tertiary/aromatic N) is 3.